The third-order valence-corrected chi connectivity index (χ3v) is 4.80. The van der Waals surface area contributed by atoms with Gasteiger partial charge in [-0.2, -0.15) is 0 Å². The smallest absolute Gasteiger partial charge is 0.306 e. The molecule has 1 aromatic heterocycles. The summed E-state index contributed by atoms with van der Waals surface area (Å²) in [6.07, 6.45) is 6.24. The molecule has 2 atom stereocenters. The molecule has 2 heterocycles. The number of aromatic nitrogens is 2. The number of carbonyl (C=O) groups excluding carboxylic acids is 1. The van der Waals surface area contributed by atoms with Crippen LogP contribution in [0.1, 0.15) is 25.7 Å². The van der Waals surface area contributed by atoms with Crippen molar-refractivity contribution in [3.8, 4) is 0 Å². The predicted octanol–water partition coefficient (Wildman–Crippen LogP) is 1.02. The van der Waals surface area contributed by atoms with Crippen molar-refractivity contribution >= 4 is 17.8 Å². The first-order valence-electron chi connectivity index (χ1n) is 8.18. The number of hydrogen-bond donors (Lipinski definition) is 1. The Balaban J connectivity index is 1.55. The van der Waals surface area contributed by atoms with Crippen LogP contribution in [0.25, 0.3) is 0 Å². The Hall–Kier alpha value is -2.18. The molecule has 7 nitrogen and oxygen atoms in total. The first kappa shape index (κ1) is 15.7. The average Bonchev–Trinajstić information content (AvgIpc) is 2.62. The Kier molecular flexibility index (Phi) is 4.73. The maximum absolute atomic E-state index is 12.6. The average molecular weight is 318 g/mol. The monoisotopic (exact) mass is 318 g/mol. The number of piperazine rings is 1. The maximum Gasteiger partial charge on any atom is 0.306 e. The van der Waals surface area contributed by atoms with Crippen LogP contribution in [0.15, 0.2) is 18.5 Å². The molecule has 2 fully saturated rings. The summed E-state index contributed by atoms with van der Waals surface area (Å²) in [7, 11) is 0. The summed E-state index contributed by atoms with van der Waals surface area (Å²) in [5.74, 6) is -0.456. The summed E-state index contributed by atoms with van der Waals surface area (Å²) in [4.78, 5) is 36.2. The maximum atomic E-state index is 12.6. The summed E-state index contributed by atoms with van der Waals surface area (Å²) in [6, 6.07) is 1.78. The standard InChI is InChI=1S/C16H22N4O3/c21-14(12-3-1-4-13(11-12)15(22)23)19-7-9-20(10-8-19)16-17-5-2-6-18-16/h2,5-6,12-13H,1,3-4,7-11H2,(H,22,23)/t12-,13-/m1/s1. The number of amides is 1. The molecule has 3 rings (SSSR count). The molecule has 1 saturated carbocycles. The largest absolute Gasteiger partial charge is 0.481 e. The van der Waals surface area contributed by atoms with Crippen molar-refractivity contribution in [3.05, 3.63) is 18.5 Å². The van der Waals surface area contributed by atoms with E-state index in [1.54, 1.807) is 18.5 Å². The van der Waals surface area contributed by atoms with Gasteiger partial charge in [0, 0.05) is 44.5 Å². The zero-order chi connectivity index (χ0) is 16.2. The van der Waals surface area contributed by atoms with E-state index in [4.69, 9.17) is 5.11 Å². The molecule has 1 saturated heterocycles. The van der Waals surface area contributed by atoms with E-state index in [0.717, 1.165) is 12.8 Å². The van der Waals surface area contributed by atoms with Crippen LogP contribution in [-0.4, -0.2) is 58.0 Å². The van der Waals surface area contributed by atoms with E-state index in [0.29, 0.717) is 45.0 Å². The second-order valence-electron chi connectivity index (χ2n) is 6.26. The minimum Gasteiger partial charge on any atom is -0.481 e. The molecule has 1 aromatic rings. The summed E-state index contributed by atoms with van der Waals surface area (Å²) in [5, 5.41) is 9.16. The number of carboxylic acid groups (broad SMARTS) is 1. The molecule has 0 radical (unpaired) electrons. The van der Waals surface area contributed by atoms with Gasteiger partial charge in [0.2, 0.25) is 11.9 Å². The van der Waals surface area contributed by atoms with Crippen molar-refractivity contribution in [1.29, 1.82) is 0 Å². The second kappa shape index (κ2) is 6.93. The van der Waals surface area contributed by atoms with Crippen LogP contribution < -0.4 is 4.90 Å². The summed E-state index contributed by atoms with van der Waals surface area (Å²) in [6.45, 7) is 2.71. The number of carboxylic acids is 1. The fraction of sp³-hybridized carbons (Fsp3) is 0.625. The van der Waals surface area contributed by atoms with Crippen LogP contribution in [0.2, 0.25) is 0 Å². The lowest BCUT2D eigenvalue weighted by atomic mass is 9.80. The van der Waals surface area contributed by atoms with Gasteiger partial charge in [0.15, 0.2) is 0 Å². The van der Waals surface area contributed by atoms with Gasteiger partial charge >= 0.3 is 5.97 Å². The van der Waals surface area contributed by atoms with Gasteiger partial charge in [-0.25, -0.2) is 9.97 Å². The third kappa shape index (κ3) is 3.60. The predicted molar refractivity (Wildman–Crippen MR) is 83.9 cm³/mol. The lowest BCUT2D eigenvalue weighted by Crippen LogP contribution is -2.51. The number of carbonyl (C=O) groups is 2. The molecular formula is C16H22N4O3. The van der Waals surface area contributed by atoms with Gasteiger partial charge in [-0.05, 0) is 25.3 Å². The van der Waals surface area contributed by atoms with Gasteiger partial charge in [0.05, 0.1) is 5.92 Å². The van der Waals surface area contributed by atoms with E-state index in [1.165, 1.54) is 0 Å². The molecule has 7 heteroatoms. The molecule has 1 amide bonds. The van der Waals surface area contributed by atoms with Crippen molar-refractivity contribution in [1.82, 2.24) is 14.9 Å². The van der Waals surface area contributed by atoms with Gasteiger partial charge in [-0.1, -0.05) is 6.42 Å². The van der Waals surface area contributed by atoms with Crippen molar-refractivity contribution in [2.75, 3.05) is 31.1 Å². The molecular weight excluding hydrogens is 296 g/mol. The van der Waals surface area contributed by atoms with Gasteiger partial charge in [0.25, 0.3) is 0 Å². The van der Waals surface area contributed by atoms with Gasteiger partial charge in [-0.15, -0.1) is 0 Å². The normalized spacial score (nSPS) is 25.2. The first-order valence-corrected chi connectivity index (χ1v) is 8.18. The Morgan fingerprint density at radius 2 is 1.70 bits per heavy atom. The molecule has 0 aromatic carbocycles. The third-order valence-electron chi connectivity index (χ3n) is 4.80. The fourth-order valence-electron chi connectivity index (χ4n) is 3.48. The van der Waals surface area contributed by atoms with E-state index in [-0.39, 0.29) is 17.7 Å². The molecule has 1 aliphatic heterocycles. The molecule has 23 heavy (non-hydrogen) atoms. The van der Waals surface area contributed by atoms with Gasteiger partial charge in [-0.3, -0.25) is 9.59 Å². The minimum absolute atomic E-state index is 0.115. The van der Waals surface area contributed by atoms with E-state index >= 15 is 0 Å². The van der Waals surface area contributed by atoms with E-state index in [1.807, 2.05) is 4.90 Å². The van der Waals surface area contributed by atoms with Crippen LogP contribution >= 0.6 is 0 Å². The van der Waals surface area contributed by atoms with Crippen LogP contribution in [0.5, 0.6) is 0 Å². The van der Waals surface area contributed by atoms with Crippen LogP contribution in [0.4, 0.5) is 5.95 Å². The zero-order valence-electron chi connectivity index (χ0n) is 13.1. The summed E-state index contributed by atoms with van der Waals surface area (Å²) < 4.78 is 0. The lowest BCUT2D eigenvalue weighted by Gasteiger charge is -2.37. The van der Waals surface area contributed by atoms with Crippen LogP contribution in [0, 0.1) is 11.8 Å². The van der Waals surface area contributed by atoms with Crippen LogP contribution in [0.3, 0.4) is 0 Å². The number of nitrogens with zero attached hydrogens (tertiary/aromatic N) is 4. The number of anilines is 1. The summed E-state index contributed by atoms with van der Waals surface area (Å²) >= 11 is 0. The lowest BCUT2D eigenvalue weighted by molar-refractivity contribution is -0.145. The van der Waals surface area contributed by atoms with Crippen LogP contribution in [-0.2, 0) is 9.59 Å². The van der Waals surface area contributed by atoms with E-state index < -0.39 is 5.97 Å². The van der Waals surface area contributed by atoms with E-state index in [9.17, 15) is 9.59 Å². The minimum atomic E-state index is -0.770. The Bertz CT molecular complexity index is 558. The Labute approximate surface area is 135 Å². The highest BCUT2D eigenvalue weighted by molar-refractivity contribution is 5.80. The summed E-state index contributed by atoms with van der Waals surface area (Å²) in [5.41, 5.74) is 0. The van der Waals surface area contributed by atoms with Crippen molar-refractivity contribution in [2.24, 2.45) is 11.8 Å². The Morgan fingerprint density at radius 3 is 2.35 bits per heavy atom. The highest BCUT2D eigenvalue weighted by Gasteiger charge is 2.34. The molecule has 0 spiro atoms. The highest BCUT2D eigenvalue weighted by atomic mass is 16.4. The van der Waals surface area contributed by atoms with Crippen molar-refractivity contribution in [3.63, 3.8) is 0 Å². The topological polar surface area (TPSA) is 86.6 Å². The molecule has 1 N–H and O–H groups in total. The fourth-order valence-corrected chi connectivity index (χ4v) is 3.48. The molecule has 0 bridgehead atoms. The molecule has 2 aliphatic rings. The Morgan fingerprint density at radius 1 is 1.04 bits per heavy atom. The quantitative estimate of drug-likeness (QED) is 0.895. The number of aliphatic carboxylic acids is 1. The van der Waals surface area contributed by atoms with Crippen molar-refractivity contribution in [2.45, 2.75) is 25.7 Å². The zero-order valence-corrected chi connectivity index (χ0v) is 13.1. The van der Waals surface area contributed by atoms with Gasteiger partial charge in [0.1, 0.15) is 0 Å². The number of hydrogen-bond acceptors (Lipinski definition) is 5. The van der Waals surface area contributed by atoms with Crippen molar-refractivity contribution < 1.29 is 14.7 Å². The number of rotatable bonds is 3. The van der Waals surface area contributed by atoms with Gasteiger partial charge < -0.3 is 14.9 Å². The second-order valence-corrected chi connectivity index (χ2v) is 6.26. The SMILES string of the molecule is O=C(O)[C@@H]1CCC[C@@H](C(=O)N2CCN(c3ncccn3)CC2)C1. The molecule has 0 unspecified atom stereocenters. The van der Waals surface area contributed by atoms with E-state index in [2.05, 4.69) is 14.9 Å². The first-order chi connectivity index (χ1) is 11.1. The molecule has 1 aliphatic carbocycles. The highest BCUT2D eigenvalue weighted by Crippen LogP contribution is 2.30. The molecule has 124 valence electrons.